The SMILES string of the molecule is Cc1oc(CS(=O)CC(=O)NC(C)C)cc1C(=O)O. The van der Waals surface area contributed by atoms with Gasteiger partial charge in [0.25, 0.3) is 0 Å². The number of rotatable bonds is 6. The lowest BCUT2D eigenvalue weighted by Gasteiger charge is -2.07. The summed E-state index contributed by atoms with van der Waals surface area (Å²) >= 11 is 0. The van der Waals surface area contributed by atoms with E-state index in [4.69, 9.17) is 9.52 Å². The van der Waals surface area contributed by atoms with Crippen LogP contribution >= 0.6 is 0 Å². The van der Waals surface area contributed by atoms with Crippen molar-refractivity contribution in [3.8, 4) is 0 Å². The fourth-order valence-corrected chi connectivity index (χ4v) is 2.48. The number of aryl methyl sites for hydroxylation is 1. The van der Waals surface area contributed by atoms with Gasteiger partial charge in [-0.2, -0.15) is 0 Å². The molecular formula is C12H17NO5S. The zero-order chi connectivity index (χ0) is 14.6. The Balaban J connectivity index is 2.60. The molecule has 0 fully saturated rings. The molecule has 7 heteroatoms. The van der Waals surface area contributed by atoms with Crippen LogP contribution in [0.1, 0.15) is 35.7 Å². The van der Waals surface area contributed by atoms with E-state index >= 15 is 0 Å². The summed E-state index contributed by atoms with van der Waals surface area (Å²) in [5.41, 5.74) is 0.0543. The molecule has 0 radical (unpaired) electrons. The third kappa shape index (κ3) is 4.86. The summed E-state index contributed by atoms with van der Waals surface area (Å²) in [6.45, 7) is 5.16. The summed E-state index contributed by atoms with van der Waals surface area (Å²) in [5.74, 6) is -0.900. The molecule has 0 spiro atoms. The lowest BCUT2D eigenvalue weighted by molar-refractivity contribution is -0.119. The van der Waals surface area contributed by atoms with Gasteiger partial charge in [0.05, 0.1) is 5.75 Å². The number of carbonyl (C=O) groups excluding carboxylic acids is 1. The molecule has 0 aromatic carbocycles. The number of carboxylic acid groups (broad SMARTS) is 1. The van der Waals surface area contributed by atoms with E-state index < -0.39 is 16.8 Å². The predicted molar refractivity (Wildman–Crippen MR) is 70.4 cm³/mol. The molecule has 0 saturated heterocycles. The molecule has 1 heterocycles. The lowest BCUT2D eigenvalue weighted by atomic mass is 10.2. The van der Waals surface area contributed by atoms with Gasteiger partial charge in [-0.15, -0.1) is 0 Å². The molecule has 0 aliphatic carbocycles. The average molecular weight is 287 g/mol. The van der Waals surface area contributed by atoms with Crippen molar-refractivity contribution in [2.75, 3.05) is 5.75 Å². The Morgan fingerprint density at radius 1 is 1.47 bits per heavy atom. The molecule has 6 nitrogen and oxygen atoms in total. The van der Waals surface area contributed by atoms with Crippen LogP contribution in [0.2, 0.25) is 0 Å². The van der Waals surface area contributed by atoms with Gasteiger partial charge in [-0.3, -0.25) is 9.00 Å². The standard InChI is InChI=1S/C12H17NO5S/c1-7(2)13-11(14)6-19(17)5-9-4-10(12(15)16)8(3)18-9/h4,7H,5-6H2,1-3H3,(H,13,14)(H,15,16). The van der Waals surface area contributed by atoms with Crippen LogP contribution < -0.4 is 5.32 Å². The molecule has 0 aliphatic rings. The fourth-order valence-electron chi connectivity index (χ4n) is 1.55. The smallest absolute Gasteiger partial charge is 0.339 e. The number of carbonyl (C=O) groups is 2. The van der Waals surface area contributed by atoms with Crippen molar-refractivity contribution >= 4 is 22.7 Å². The van der Waals surface area contributed by atoms with Crippen LogP contribution in [-0.4, -0.2) is 33.0 Å². The summed E-state index contributed by atoms with van der Waals surface area (Å²) < 4.78 is 16.9. The first-order valence-electron chi connectivity index (χ1n) is 5.76. The highest BCUT2D eigenvalue weighted by Gasteiger charge is 2.16. The Morgan fingerprint density at radius 2 is 2.11 bits per heavy atom. The van der Waals surface area contributed by atoms with Crippen LogP contribution in [0.5, 0.6) is 0 Å². The molecule has 1 aromatic rings. The largest absolute Gasteiger partial charge is 0.478 e. The second-order valence-corrected chi connectivity index (χ2v) is 5.90. The Labute approximate surface area is 113 Å². The molecule has 106 valence electrons. The summed E-state index contributed by atoms with van der Waals surface area (Å²) in [4.78, 5) is 22.2. The highest BCUT2D eigenvalue weighted by atomic mass is 32.2. The Hall–Kier alpha value is -1.63. The molecule has 1 rings (SSSR count). The normalized spacial score (nSPS) is 12.4. The van der Waals surface area contributed by atoms with Crippen LogP contribution in [0, 0.1) is 6.92 Å². The van der Waals surface area contributed by atoms with Crippen molar-refractivity contribution < 1.29 is 23.3 Å². The van der Waals surface area contributed by atoms with E-state index in [9.17, 15) is 13.8 Å². The summed E-state index contributed by atoms with van der Waals surface area (Å²) in [6.07, 6.45) is 0. The maximum atomic E-state index is 11.7. The molecule has 1 unspecified atom stereocenters. The van der Waals surface area contributed by atoms with E-state index in [0.717, 1.165) is 0 Å². The van der Waals surface area contributed by atoms with Crippen molar-refractivity contribution in [3.63, 3.8) is 0 Å². The van der Waals surface area contributed by atoms with Gasteiger partial charge < -0.3 is 14.8 Å². The van der Waals surface area contributed by atoms with Crippen LogP contribution in [-0.2, 0) is 21.3 Å². The first-order chi connectivity index (χ1) is 8.79. The molecular weight excluding hydrogens is 270 g/mol. The highest BCUT2D eigenvalue weighted by molar-refractivity contribution is 7.84. The minimum absolute atomic E-state index is 0.00558. The van der Waals surface area contributed by atoms with Crippen LogP contribution in [0.3, 0.4) is 0 Å². The lowest BCUT2D eigenvalue weighted by Crippen LogP contribution is -2.33. The minimum Gasteiger partial charge on any atom is -0.478 e. The molecule has 1 atom stereocenters. The molecule has 1 amide bonds. The van der Waals surface area contributed by atoms with Crippen molar-refractivity contribution in [2.24, 2.45) is 0 Å². The minimum atomic E-state index is -1.42. The number of furan rings is 1. The Morgan fingerprint density at radius 3 is 2.58 bits per heavy atom. The third-order valence-corrected chi connectivity index (χ3v) is 3.43. The molecule has 19 heavy (non-hydrogen) atoms. The summed E-state index contributed by atoms with van der Waals surface area (Å²) in [5, 5.41) is 11.5. The molecule has 0 aliphatic heterocycles. The van der Waals surface area contributed by atoms with Gasteiger partial charge in [-0.1, -0.05) is 0 Å². The number of nitrogens with one attached hydrogen (secondary N) is 1. The van der Waals surface area contributed by atoms with Gasteiger partial charge >= 0.3 is 5.97 Å². The van der Waals surface area contributed by atoms with Gasteiger partial charge in [0, 0.05) is 16.8 Å². The van der Waals surface area contributed by atoms with Gasteiger partial charge in [-0.25, -0.2) is 4.79 Å². The Bertz CT molecular complexity index is 506. The highest BCUT2D eigenvalue weighted by Crippen LogP contribution is 2.16. The Kier molecular flexibility index (Phi) is 5.29. The molecule has 0 bridgehead atoms. The quantitative estimate of drug-likeness (QED) is 0.815. The number of hydrogen-bond donors (Lipinski definition) is 2. The maximum Gasteiger partial charge on any atom is 0.339 e. The summed E-state index contributed by atoms with van der Waals surface area (Å²) in [7, 11) is -1.42. The van der Waals surface area contributed by atoms with Gasteiger partial charge in [-0.05, 0) is 26.8 Å². The van der Waals surface area contributed by atoms with Gasteiger partial charge in [0.15, 0.2) is 0 Å². The van der Waals surface area contributed by atoms with E-state index in [-0.39, 0.29) is 34.8 Å². The van der Waals surface area contributed by atoms with Crippen molar-refractivity contribution in [2.45, 2.75) is 32.6 Å². The van der Waals surface area contributed by atoms with E-state index in [1.165, 1.54) is 13.0 Å². The topological polar surface area (TPSA) is 96.6 Å². The second-order valence-electron chi connectivity index (χ2n) is 4.44. The number of carboxylic acids is 1. The van der Waals surface area contributed by atoms with Crippen LogP contribution in [0.25, 0.3) is 0 Å². The van der Waals surface area contributed by atoms with Gasteiger partial charge in [0.2, 0.25) is 5.91 Å². The first kappa shape index (κ1) is 15.4. The molecule has 2 N–H and O–H groups in total. The first-order valence-corrected chi connectivity index (χ1v) is 7.25. The van der Waals surface area contributed by atoms with Crippen molar-refractivity contribution in [3.05, 3.63) is 23.2 Å². The number of hydrogen-bond acceptors (Lipinski definition) is 4. The molecule has 0 saturated carbocycles. The zero-order valence-electron chi connectivity index (χ0n) is 11.1. The van der Waals surface area contributed by atoms with Crippen molar-refractivity contribution in [1.82, 2.24) is 5.32 Å². The van der Waals surface area contributed by atoms with E-state index in [1.54, 1.807) is 0 Å². The predicted octanol–water partition coefficient (Wildman–Crippen LogP) is 1.06. The van der Waals surface area contributed by atoms with Crippen LogP contribution in [0.15, 0.2) is 10.5 Å². The maximum absolute atomic E-state index is 11.7. The third-order valence-electron chi connectivity index (χ3n) is 2.24. The monoisotopic (exact) mass is 287 g/mol. The zero-order valence-corrected chi connectivity index (χ0v) is 11.9. The number of amides is 1. The second kappa shape index (κ2) is 6.51. The fraction of sp³-hybridized carbons (Fsp3) is 0.500. The van der Waals surface area contributed by atoms with E-state index in [1.807, 2.05) is 13.8 Å². The van der Waals surface area contributed by atoms with Crippen LogP contribution in [0.4, 0.5) is 0 Å². The number of aromatic carboxylic acids is 1. The van der Waals surface area contributed by atoms with E-state index in [0.29, 0.717) is 5.76 Å². The van der Waals surface area contributed by atoms with Gasteiger partial charge in [0.1, 0.15) is 22.8 Å². The average Bonchev–Trinajstić information content (AvgIpc) is 2.57. The van der Waals surface area contributed by atoms with Crippen molar-refractivity contribution in [1.29, 1.82) is 0 Å². The molecule has 1 aromatic heterocycles. The summed E-state index contributed by atoms with van der Waals surface area (Å²) in [6, 6.07) is 1.34. The van der Waals surface area contributed by atoms with E-state index in [2.05, 4.69) is 5.32 Å².